The molecule has 4 heteroatoms. The summed E-state index contributed by atoms with van der Waals surface area (Å²) in [4.78, 5) is 25.7. The standard InChI is InChI=1S/C12H12N2O2/c15-11-10-6-3-7-14(10)12(16)8-4-1-2-5-9(8)13-11/h1-3,5-6,8,10H,4,7H2,(H,13,15). The van der Waals surface area contributed by atoms with E-state index in [0.717, 1.165) is 5.70 Å². The molecule has 0 aromatic rings. The van der Waals surface area contributed by atoms with Gasteiger partial charge in [0, 0.05) is 12.2 Å². The van der Waals surface area contributed by atoms with Crippen molar-refractivity contribution in [3.05, 3.63) is 36.1 Å². The Morgan fingerprint density at radius 2 is 2.19 bits per heavy atom. The van der Waals surface area contributed by atoms with Gasteiger partial charge in [-0.2, -0.15) is 0 Å². The predicted octanol–water partition coefficient (Wildman–Crippen LogP) is 0.343. The molecule has 2 amide bonds. The number of amides is 2. The van der Waals surface area contributed by atoms with Gasteiger partial charge in [-0.15, -0.1) is 0 Å². The number of hydrogen-bond donors (Lipinski definition) is 1. The molecule has 16 heavy (non-hydrogen) atoms. The average molecular weight is 216 g/mol. The van der Waals surface area contributed by atoms with Crippen molar-refractivity contribution in [2.75, 3.05) is 6.54 Å². The molecular weight excluding hydrogens is 204 g/mol. The van der Waals surface area contributed by atoms with Crippen molar-refractivity contribution in [2.45, 2.75) is 12.5 Å². The van der Waals surface area contributed by atoms with E-state index < -0.39 is 6.04 Å². The van der Waals surface area contributed by atoms with E-state index in [4.69, 9.17) is 0 Å². The van der Waals surface area contributed by atoms with Crippen molar-refractivity contribution in [1.82, 2.24) is 10.2 Å². The molecule has 0 bridgehead atoms. The lowest BCUT2D eigenvalue weighted by molar-refractivity contribution is -0.137. The van der Waals surface area contributed by atoms with Gasteiger partial charge < -0.3 is 10.2 Å². The number of nitrogens with one attached hydrogen (secondary N) is 1. The molecule has 0 radical (unpaired) electrons. The Kier molecular flexibility index (Phi) is 1.96. The van der Waals surface area contributed by atoms with E-state index in [9.17, 15) is 9.59 Å². The van der Waals surface area contributed by atoms with Gasteiger partial charge in [-0.3, -0.25) is 9.59 Å². The molecule has 0 aromatic heterocycles. The second-order valence-electron chi connectivity index (χ2n) is 4.19. The fraction of sp³-hybridized carbons (Fsp3) is 0.333. The minimum atomic E-state index is -0.418. The average Bonchev–Trinajstić information content (AvgIpc) is 2.74. The maximum atomic E-state index is 12.2. The van der Waals surface area contributed by atoms with Gasteiger partial charge in [0.1, 0.15) is 6.04 Å². The first-order chi connectivity index (χ1) is 7.77. The summed E-state index contributed by atoms with van der Waals surface area (Å²) < 4.78 is 0. The molecular formula is C12H12N2O2. The zero-order chi connectivity index (χ0) is 11.1. The van der Waals surface area contributed by atoms with Crippen molar-refractivity contribution >= 4 is 11.8 Å². The first kappa shape index (κ1) is 9.39. The quantitative estimate of drug-likeness (QED) is 0.594. The number of carbonyl (C=O) groups is 2. The highest BCUT2D eigenvalue weighted by Crippen LogP contribution is 2.27. The minimum absolute atomic E-state index is 0.0453. The van der Waals surface area contributed by atoms with Gasteiger partial charge in [-0.05, 0) is 12.5 Å². The van der Waals surface area contributed by atoms with E-state index in [1.165, 1.54) is 0 Å². The number of carbonyl (C=O) groups excluding carboxylic acids is 2. The van der Waals surface area contributed by atoms with Crippen LogP contribution in [0.4, 0.5) is 0 Å². The van der Waals surface area contributed by atoms with E-state index in [-0.39, 0.29) is 17.7 Å². The van der Waals surface area contributed by atoms with E-state index in [1.54, 1.807) is 11.0 Å². The Labute approximate surface area is 93.3 Å². The summed E-state index contributed by atoms with van der Waals surface area (Å²) in [5.74, 6) is -0.269. The third kappa shape index (κ3) is 1.23. The second kappa shape index (κ2) is 3.33. The largest absolute Gasteiger partial charge is 0.327 e. The summed E-state index contributed by atoms with van der Waals surface area (Å²) in [5, 5.41) is 2.84. The molecule has 1 saturated heterocycles. The van der Waals surface area contributed by atoms with Crippen molar-refractivity contribution in [3.8, 4) is 0 Å². The fourth-order valence-corrected chi connectivity index (χ4v) is 2.39. The van der Waals surface area contributed by atoms with Gasteiger partial charge in [0.05, 0.1) is 5.92 Å². The summed E-state index contributed by atoms with van der Waals surface area (Å²) in [6.45, 7) is 0.546. The number of fused-ring (bicyclic) bond motifs is 2. The third-order valence-electron chi connectivity index (χ3n) is 3.23. The maximum absolute atomic E-state index is 12.2. The van der Waals surface area contributed by atoms with E-state index in [2.05, 4.69) is 5.32 Å². The van der Waals surface area contributed by atoms with Crippen molar-refractivity contribution in [2.24, 2.45) is 5.92 Å². The number of nitrogens with zero attached hydrogens (tertiary/aromatic N) is 1. The third-order valence-corrected chi connectivity index (χ3v) is 3.23. The highest BCUT2D eigenvalue weighted by molar-refractivity contribution is 5.96. The van der Waals surface area contributed by atoms with Crippen LogP contribution >= 0.6 is 0 Å². The van der Waals surface area contributed by atoms with Gasteiger partial charge in [-0.25, -0.2) is 0 Å². The molecule has 0 aromatic carbocycles. The molecule has 3 rings (SSSR count). The zero-order valence-corrected chi connectivity index (χ0v) is 8.72. The summed E-state index contributed by atoms with van der Waals surface area (Å²) in [7, 11) is 0. The molecule has 2 unspecified atom stereocenters. The molecule has 0 spiro atoms. The molecule has 82 valence electrons. The van der Waals surface area contributed by atoms with Gasteiger partial charge in [0.25, 0.3) is 5.91 Å². The smallest absolute Gasteiger partial charge is 0.250 e. The highest BCUT2D eigenvalue weighted by atomic mass is 16.2. The van der Waals surface area contributed by atoms with Crippen LogP contribution in [0.15, 0.2) is 36.1 Å². The van der Waals surface area contributed by atoms with Gasteiger partial charge in [0.15, 0.2) is 0 Å². The van der Waals surface area contributed by atoms with Crippen LogP contribution in [0, 0.1) is 5.92 Å². The maximum Gasteiger partial charge on any atom is 0.250 e. The first-order valence-corrected chi connectivity index (χ1v) is 5.42. The number of hydrogen-bond acceptors (Lipinski definition) is 2. The van der Waals surface area contributed by atoms with Crippen molar-refractivity contribution < 1.29 is 9.59 Å². The minimum Gasteiger partial charge on any atom is -0.327 e. The number of rotatable bonds is 0. The van der Waals surface area contributed by atoms with Gasteiger partial charge in [0.2, 0.25) is 5.91 Å². The molecule has 0 saturated carbocycles. The van der Waals surface area contributed by atoms with Crippen LogP contribution in [-0.4, -0.2) is 29.3 Å². The summed E-state index contributed by atoms with van der Waals surface area (Å²) in [6.07, 6.45) is 9.99. The molecule has 2 atom stereocenters. The Morgan fingerprint density at radius 3 is 3.06 bits per heavy atom. The number of allylic oxidation sites excluding steroid dienone is 3. The molecule has 3 aliphatic rings. The predicted molar refractivity (Wildman–Crippen MR) is 58.1 cm³/mol. The van der Waals surface area contributed by atoms with Crippen LogP contribution in [-0.2, 0) is 9.59 Å². The lowest BCUT2D eigenvalue weighted by atomic mass is 9.96. The monoisotopic (exact) mass is 216 g/mol. The van der Waals surface area contributed by atoms with E-state index in [1.807, 2.05) is 24.3 Å². The lowest BCUT2D eigenvalue weighted by Gasteiger charge is -2.23. The molecule has 1 fully saturated rings. The van der Waals surface area contributed by atoms with Crippen LogP contribution in [0.1, 0.15) is 6.42 Å². The Bertz CT molecular complexity index is 448. The normalized spacial score (nSPS) is 31.8. The first-order valence-electron chi connectivity index (χ1n) is 5.42. The van der Waals surface area contributed by atoms with Crippen molar-refractivity contribution in [3.63, 3.8) is 0 Å². The topological polar surface area (TPSA) is 49.4 Å². The second-order valence-corrected chi connectivity index (χ2v) is 4.19. The lowest BCUT2D eigenvalue weighted by Crippen LogP contribution is -2.42. The Hall–Kier alpha value is -1.84. The molecule has 4 nitrogen and oxygen atoms in total. The van der Waals surface area contributed by atoms with Crippen LogP contribution in [0.25, 0.3) is 0 Å². The van der Waals surface area contributed by atoms with E-state index in [0.29, 0.717) is 13.0 Å². The highest BCUT2D eigenvalue weighted by Gasteiger charge is 2.39. The fourth-order valence-electron chi connectivity index (χ4n) is 2.39. The molecule has 1 N–H and O–H groups in total. The Balaban J connectivity index is 2.01. The van der Waals surface area contributed by atoms with Crippen LogP contribution in [0.5, 0.6) is 0 Å². The zero-order valence-electron chi connectivity index (χ0n) is 8.72. The van der Waals surface area contributed by atoms with Crippen LogP contribution < -0.4 is 5.32 Å². The molecule has 2 aliphatic heterocycles. The van der Waals surface area contributed by atoms with Crippen LogP contribution in [0.3, 0.4) is 0 Å². The SMILES string of the molecule is O=C1NC2=CC=CCC2C(=O)N2CC=CC12. The van der Waals surface area contributed by atoms with E-state index >= 15 is 0 Å². The Morgan fingerprint density at radius 1 is 1.31 bits per heavy atom. The van der Waals surface area contributed by atoms with Crippen molar-refractivity contribution in [1.29, 1.82) is 0 Å². The van der Waals surface area contributed by atoms with Crippen LogP contribution in [0.2, 0.25) is 0 Å². The summed E-state index contributed by atoms with van der Waals surface area (Å²) in [6, 6.07) is -0.418. The summed E-state index contributed by atoms with van der Waals surface area (Å²) >= 11 is 0. The van der Waals surface area contributed by atoms with Gasteiger partial charge >= 0.3 is 0 Å². The molecule has 1 aliphatic carbocycles. The molecule has 2 heterocycles. The summed E-state index contributed by atoms with van der Waals surface area (Å²) in [5.41, 5.74) is 0.736. The van der Waals surface area contributed by atoms with Gasteiger partial charge in [-0.1, -0.05) is 24.3 Å².